The largest absolute Gasteiger partial charge is 0.408 e. The number of hydrogen-bond acceptors (Lipinski definition) is 9. The third-order valence-electron chi connectivity index (χ3n) is 5.81. The van der Waals surface area contributed by atoms with Crippen LogP contribution in [0.5, 0.6) is 0 Å². The highest BCUT2D eigenvalue weighted by Crippen LogP contribution is 2.43. The second-order valence-corrected chi connectivity index (χ2v) is 8.29. The van der Waals surface area contributed by atoms with Crippen LogP contribution >= 0.6 is 0 Å². The van der Waals surface area contributed by atoms with Crippen LogP contribution in [0.15, 0.2) is 53.3 Å². The number of alkyl halides is 3. The van der Waals surface area contributed by atoms with Crippen molar-refractivity contribution in [3.63, 3.8) is 0 Å². The third-order valence-corrected chi connectivity index (χ3v) is 5.81. The molecule has 4 aromatic heterocycles. The molecule has 0 aromatic carbocycles. The number of amides is 1. The van der Waals surface area contributed by atoms with E-state index < -0.39 is 35.9 Å². The molecule has 0 radical (unpaired) electrons. The number of aromatic nitrogens is 6. The molecule has 0 saturated carbocycles. The van der Waals surface area contributed by atoms with Crippen molar-refractivity contribution in [3.8, 4) is 22.8 Å². The number of hydrogen-bond donors (Lipinski definition) is 2. The van der Waals surface area contributed by atoms with Crippen molar-refractivity contribution in [3.05, 3.63) is 54.6 Å². The number of halogens is 3. The number of aliphatic hydroxyl groups is 1. The van der Waals surface area contributed by atoms with Gasteiger partial charge in [0.15, 0.2) is 11.6 Å². The van der Waals surface area contributed by atoms with E-state index in [0.29, 0.717) is 33.7 Å². The van der Waals surface area contributed by atoms with Gasteiger partial charge in [-0.15, -0.1) is 0 Å². The number of nitrogens with one attached hydrogen (secondary N) is 1. The van der Waals surface area contributed by atoms with Gasteiger partial charge in [0.1, 0.15) is 11.7 Å². The van der Waals surface area contributed by atoms with E-state index in [2.05, 4.69) is 30.5 Å². The van der Waals surface area contributed by atoms with Gasteiger partial charge in [0.2, 0.25) is 11.5 Å². The lowest BCUT2D eigenvalue weighted by atomic mass is 9.96. The van der Waals surface area contributed by atoms with Crippen molar-refractivity contribution in [2.24, 2.45) is 7.05 Å². The molecule has 1 fully saturated rings. The zero-order valence-electron chi connectivity index (χ0n) is 18.9. The lowest BCUT2D eigenvalue weighted by molar-refractivity contribution is -0.177. The summed E-state index contributed by atoms with van der Waals surface area (Å²) in [4.78, 5) is 26.1. The maximum Gasteiger partial charge on any atom is 0.408 e. The molecule has 0 aliphatic carbocycles. The molecule has 0 unspecified atom stereocenters. The van der Waals surface area contributed by atoms with Crippen LogP contribution < -0.4 is 5.32 Å². The van der Waals surface area contributed by atoms with Gasteiger partial charge >= 0.3 is 6.18 Å². The molecule has 1 aliphatic rings. The monoisotopic (exact) mass is 500 g/mol. The van der Waals surface area contributed by atoms with Crippen molar-refractivity contribution in [2.45, 2.75) is 24.2 Å². The molecular formula is C22H19F3N8O3. The van der Waals surface area contributed by atoms with E-state index in [1.54, 1.807) is 54.5 Å². The number of pyridine rings is 1. The predicted octanol–water partition coefficient (Wildman–Crippen LogP) is 2.65. The van der Waals surface area contributed by atoms with E-state index in [1.165, 1.54) is 6.07 Å². The molecule has 5 heterocycles. The zero-order chi connectivity index (χ0) is 25.7. The van der Waals surface area contributed by atoms with Gasteiger partial charge in [-0.1, -0.05) is 11.2 Å². The fourth-order valence-electron chi connectivity index (χ4n) is 3.95. The van der Waals surface area contributed by atoms with Gasteiger partial charge in [-0.2, -0.15) is 18.3 Å². The van der Waals surface area contributed by atoms with Crippen molar-refractivity contribution >= 4 is 17.7 Å². The van der Waals surface area contributed by atoms with Gasteiger partial charge in [0.25, 0.3) is 5.91 Å². The van der Waals surface area contributed by atoms with Crippen molar-refractivity contribution in [2.75, 3.05) is 12.4 Å². The molecule has 14 heteroatoms. The number of rotatable bonds is 5. The Hall–Kier alpha value is -4.33. The number of carbonyl (C=O) groups excluding carboxylic acids is 1. The summed E-state index contributed by atoms with van der Waals surface area (Å²) in [6.07, 6.45) is -2.29. The summed E-state index contributed by atoms with van der Waals surface area (Å²) in [5, 5.41) is 21.8. The van der Waals surface area contributed by atoms with Crippen LogP contribution in [0.3, 0.4) is 0 Å². The molecule has 0 spiro atoms. The zero-order valence-corrected chi connectivity index (χ0v) is 18.9. The average molecular weight is 500 g/mol. The number of nitrogens with zero attached hydrogens (tertiary/aromatic N) is 7. The molecule has 1 saturated heterocycles. The molecule has 186 valence electrons. The Kier molecular flexibility index (Phi) is 5.47. The van der Waals surface area contributed by atoms with Crippen LogP contribution in [0, 0.1) is 0 Å². The highest BCUT2D eigenvalue weighted by molar-refractivity contribution is 5.88. The fourth-order valence-corrected chi connectivity index (χ4v) is 3.95. The molecule has 0 bridgehead atoms. The molecule has 4 aromatic rings. The molecule has 1 amide bonds. The van der Waals surface area contributed by atoms with Crippen LogP contribution in [0.4, 0.5) is 24.9 Å². The van der Waals surface area contributed by atoms with Crippen LogP contribution in [0.25, 0.3) is 22.8 Å². The van der Waals surface area contributed by atoms with E-state index in [0.717, 1.165) is 7.05 Å². The Labute approximate surface area is 201 Å². The topological polar surface area (TPSA) is 135 Å². The lowest BCUT2D eigenvalue weighted by Crippen LogP contribution is -2.41. The summed E-state index contributed by atoms with van der Waals surface area (Å²) in [7, 11) is 2.76. The van der Waals surface area contributed by atoms with Crippen molar-refractivity contribution in [1.29, 1.82) is 0 Å². The van der Waals surface area contributed by atoms with E-state index in [-0.39, 0.29) is 5.69 Å². The van der Waals surface area contributed by atoms with Crippen molar-refractivity contribution < 1.29 is 27.6 Å². The Bertz CT molecular complexity index is 1440. The number of anilines is 2. The number of likely N-dealkylation sites (N-methyl/N-ethyl adjacent to an activating group) is 1. The van der Waals surface area contributed by atoms with Gasteiger partial charge in [0.05, 0.1) is 17.1 Å². The Morgan fingerprint density at radius 3 is 2.50 bits per heavy atom. The lowest BCUT2D eigenvalue weighted by Gasteiger charge is -2.21. The second-order valence-electron chi connectivity index (χ2n) is 8.29. The average Bonchev–Trinajstić information content (AvgIpc) is 3.55. The standard InChI is InChI=1S/C22H19F3N8O3/c1-32-9-7-18(30-32)29-20-26-8-6-14(28-20)12-4-3-5-13(27-12)15-10-17(36-31-15)21(35)11-16(22(23,24)25)33(2)19(21)34/h3-10,16,35H,11H2,1-2H3,(H,26,28,29,30)/t16-,21+/m0/s1. The third kappa shape index (κ3) is 4.15. The summed E-state index contributed by atoms with van der Waals surface area (Å²) in [5.74, 6) is -0.655. The summed E-state index contributed by atoms with van der Waals surface area (Å²) in [5.41, 5.74) is -1.12. The van der Waals surface area contributed by atoms with Gasteiger partial charge < -0.3 is 19.8 Å². The summed E-state index contributed by atoms with van der Waals surface area (Å²) in [6.45, 7) is 0. The summed E-state index contributed by atoms with van der Waals surface area (Å²) in [6, 6.07) is 7.47. The first-order chi connectivity index (χ1) is 17.0. The number of carbonyl (C=O) groups is 1. The quantitative estimate of drug-likeness (QED) is 0.424. The second kappa shape index (κ2) is 8.41. The highest BCUT2D eigenvalue weighted by Gasteiger charge is 2.60. The van der Waals surface area contributed by atoms with Gasteiger partial charge in [-0.25, -0.2) is 15.0 Å². The molecule has 36 heavy (non-hydrogen) atoms. The van der Waals surface area contributed by atoms with Gasteiger partial charge in [-0.3, -0.25) is 9.48 Å². The summed E-state index contributed by atoms with van der Waals surface area (Å²) >= 11 is 0. The molecular weight excluding hydrogens is 481 g/mol. The van der Waals surface area contributed by atoms with Crippen LogP contribution in [0.1, 0.15) is 12.2 Å². The highest BCUT2D eigenvalue weighted by atomic mass is 19.4. The van der Waals surface area contributed by atoms with Crippen LogP contribution in [-0.4, -0.2) is 65.1 Å². The predicted molar refractivity (Wildman–Crippen MR) is 118 cm³/mol. The molecule has 2 atom stereocenters. The van der Waals surface area contributed by atoms with E-state index in [4.69, 9.17) is 4.52 Å². The molecule has 11 nitrogen and oxygen atoms in total. The Morgan fingerprint density at radius 2 is 1.83 bits per heavy atom. The van der Waals surface area contributed by atoms with E-state index in [9.17, 15) is 23.1 Å². The maximum atomic E-state index is 13.3. The first kappa shape index (κ1) is 23.4. The molecule has 1 aliphatic heterocycles. The minimum Gasteiger partial charge on any atom is -0.373 e. The van der Waals surface area contributed by atoms with E-state index in [1.807, 2.05) is 0 Å². The minimum absolute atomic E-state index is 0.132. The minimum atomic E-state index is -4.70. The number of likely N-dealkylation sites (tertiary alicyclic amines) is 1. The van der Waals surface area contributed by atoms with Gasteiger partial charge in [0, 0.05) is 45.0 Å². The summed E-state index contributed by atoms with van der Waals surface area (Å²) < 4.78 is 46.6. The maximum absolute atomic E-state index is 13.3. The molecule has 5 rings (SSSR count). The number of aryl methyl sites for hydroxylation is 1. The normalized spacial score (nSPS) is 20.2. The molecule has 2 N–H and O–H groups in total. The van der Waals surface area contributed by atoms with Crippen LogP contribution in [0.2, 0.25) is 0 Å². The van der Waals surface area contributed by atoms with E-state index >= 15 is 0 Å². The SMILES string of the molecule is CN1C(=O)[C@](O)(c2cc(-c3cccc(-c4ccnc(Nc5ccn(C)n5)n4)n3)no2)C[C@H]1C(F)(F)F. The van der Waals surface area contributed by atoms with Gasteiger partial charge in [-0.05, 0) is 18.2 Å². The van der Waals surface area contributed by atoms with Crippen LogP contribution in [-0.2, 0) is 17.4 Å². The Morgan fingerprint density at radius 1 is 1.11 bits per heavy atom. The first-order valence-corrected chi connectivity index (χ1v) is 10.7. The Balaban J connectivity index is 1.41. The first-order valence-electron chi connectivity index (χ1n) is 10.7. The smallest absolute Gasteiger partial charge is 0.373 e. The van der Waals surface area contributed by atoms with Crippen molar-refractivity contribution in [1.82, 2.24) is 34.8 Å². The fraction of sp³-hybridized carbons (Fsp3) is 0.273.